The highest BCUT2D eigenvalue weighted by atomic mass is 79.9. The molecule has 2 aliphatic rings. The number of aryl methyl sites for hydroxylation is 1. The Balaban J connectivity index is 0.000000771. The molecule has 0 bridgehead atoms. The van der Waals surface area contributed by atoms with Crippen molar-refractivity contribution in [2.45, 2.75) is 98.9 Å². The van der Waals surface area contributed by atoms with Crippen molar-refractivity contribution in [1.29, 1.82) is 0 Å². The lowest BCUT2D eigenvalue weighted by Crippen LogP contribution is -2.36. The van der Waals surface area contributed by atoms with Gasteiger partial charge in [0.15, 0.2) is 0 Å². The van der Waals surface area contributed by atoms with E-state index in [1.165, 1.54) is 60.5 Å². The van der Waals surface area contributed by atoms with Crippen molar-refractivity contribution in [3.05, 3.63) is 99.9 Å². The van der Waals surface area contributed by atoms with Gasteiger partial charge in [-0.1, -0.05) is 93.8 Å². The summed E-state index contributed by atoms with van der Waals surface area (Å²) in [4.78, 5) is 13.7. The lowest BCUT2D eigenvalue weighted by Gasteiger charge is -2.32. The van der Waals surface area contributed by atoms with Crippen LogP contribution in [0.1, 0.15) is 86.6 Å². The van der Waals surface area contributed by atoms with Crippen molar-refractivity contribution in [3.63, 3.8) is 0 Å². The number of aliphatic imine (C=N–C) groups is 2. The summed E-state index contributed by atoms with van der Waals surface area (Å²) in [7, 11) is 3.83. The molecule has 0 spiro atoms. The summed E-state index contributed by atoms with van der Waals surface area (Å²) in [5.74, 6) is 2.64. The third-order valence-electron chi connectivity index (χ3n) is 8.24. The molecule has 1 aromatic carbocycles. The van der Waals surface area contributed by atoms with Gasteiger partial charge in [0.25, 0.3) is 0 Å². The van der Waals surface area contributed by atoms with Crippen LogP contribution < -0.4 is 0 Å². The summed E-state index contributed by atoms with van der Waals surface area (Å²) < 4.78 is 0.875. The fraction of sp³-hybridized carbons (Fsp3) is 0.524. The van der Waals surface area contributed by atoms with Gasteiger partial charge in [0, 0.05) is 43.5 Å². The fourth-order valence-electron chi connectivity index (χ4n) is 4.89. The van der Waals surface area contributed by atoms with Gasteiger partial charge in [-0.25, -0.2) is 0 Å². The SMILES string of the molecule is C=N/C(C)=C(\Br)C=NC.CC.CC(C)=CCC1=CC=CN(C)C1C.CCC1CCN(CC(C)/C=C\C=C/CSc2ccc(C)cc2)CC1. The van der Waals surface area contributed by atoms with Crippen LogP contribution in [0.15, 0.2) is 109 Å². The molecule has 48 heavy (non-hydrogen) atoms. The summed E-state index contributed by atoms with van der Waals surface area (Å²) in [5.41, 5.74) is 5.06. The lowest BCUT2D eigenvalue weighted by molar-refractivity contribution is 0.171. The first-order valence-corrected chi connectivity index (χ1v) is 19.5. The van der Waals surface area contributed by atoms with E-state index in [1.807, 2.05) is 32.5 Å². The van der Waals surface area contributed by atoms with E-state index in [9.17, 15) is 0 Å². The maximum atomic E-state index is 3.79. The molecule has 2 atom stereocenters. The smallest absolute Gasteiger partial charge is 0.0565 e. The van der Waals surface area contributed by atoms with E-state index in [2.05, 4.69) is 164 Å². The second-order valence-electron chi connectivity index (χ2n) is 12.5. The van der Waals surface area contributed by atoms with E-state index < -0.39 is 0 Å². The van der Waals surface area contributed by atoms with Crippen molar-refractivity contribution in [2.75, 3.05) is 39.5 Å². The number of hydrogen-bond donors (Lipinski definition) is 0. The molecule has 2 heterocycles. The number of likely N-dealkylation sites (N-methyl/N-ethyl adjacent to an activating group) is 1. The second-order valence-corrected chi connectivity index (χ2v) is 14.4. The summed E-state index contributed by atoms with van der Waals surface area (Å²) in [5, 5.41) is 0. The average Bonchev–Trinajstić information content (AvgIpc) is 3.09. The largest absolute Gasteiger partial charge is 0.374 e. The molecule has 6 heteroatoms. The van der Waals surface area contributed by atoms with Crippen molar-refractivity contribution >= 4 is 40.6 Å². The number of thioether (sulfide) groups is 1. The molecule has 2 aliphatic heterocycles. The third-order valence-corrected chi connectivity index (χ3v) is 9.98. The van der Waals surface area contributed by atoms with E-state index >= 15 is 0 Å². The zero-order valence-corrected chi connectivity index (χ0v) is 34.6. The number of benzene rings is 1. The number of rotatable bonds is 12. The predicted octanol–water partition coefficient (Wildman–Crippen LogP) is 12.1. The van der Waals surface area contributed by atoms with Crippen molar-refractivity contribution in [3.8, 4) is 0 Å². The van der Waals surface area contributed by atoms with Gasteiger partial charge in [-0.15, -0.1) is 11.8 Å². The van der Waals surface area contributed by atoms with E-state index in [-0.39, 0.29) is 0 Å². The van der Waals surface area contributed by atoms with E-state index in [4.69, 9.17) is 0 Å². The molecule has 1 saturated heterocycles. The lowest BCUT2D eigenvalue weighted by atomic mass is 9.94. The van der Waals surface area contributed by atoms with Gasteiger partial charge < -0.3 is 9.80 Å². The Bertz CT molecular complexity index is 1210. The van der Waals surface area contributed by atoms with E-state index in [1.54, 1.807) is 13.3 Å². The van der Waals surface area contributed by atoms with Gasteiger partial charge in [0.1, 0.15) is 0 Å². The molecular weight excluding hydrogens is 672 g/mol. The van der Waals surface area contributed by atoms with Gasteiger partial charge in [-0.3, -0.25) is 9.98 Å². The molecule has 0 aliphatic carbocycles. The number of nitrogens with zero attached hydrogens (tertiary/aromatic N) is 4. The summed E-state index contributed by atoms with van der Waals surface area (Å²) in [6, 6.07) is 9.30. The average molecular weight is 740 g/mol. The van der Waals surface area contributed by atoms with Crippen LogP contribution in [-0.4, -0.2) is 68.3 Å². The van der Waals surface area contributed by atoms with Crippen LogP contribution in [0, 0.1) is 18.8 Å². The van der Waals surface area contributed by atoms with Crippen LogP contribution in [0.4, 0.5) is 0 Å². The zero-order chi connectivity index (χ0) is 36.3. The minimum Gasteiger partial charge on any atom is -0.374 e. The van der Waals surface area contributed by atoms with Gasteiger partial charge in [0.2, 0.25) is 0 Å². The van der Waals surface area contributed by atoms with Crippen LogP contribution >= 0.6 is 27.7 Å². The van der Waals surface area contributed by atoms with Gasteiger partial charge >= 0.3 is 0 Å². The maximum Gasteiger partial charge on any atom is 0.0565 e. The van der Waals surface area contributed by atoms with Crippen LogP contribution in [0.3, 0.4) is 0 Å². The Hall–Kier alpha value is -2.41. The minimum atomic E-state index is 0.542. The molecule has 3 rings (SSSR count). The number of piperidine rings is 1. The monoisotopic (exact) mass is 738 g/mol. The Morgan fingerprint density at radius 2 is 1.75 bits per heavy atom. The predicted molar refractivity (Wildman–Crippen MR) is 224 cm³/mol. The van der Waals surface area contributed by atoms with Crippen LogP contribution in [-0.2, 0) is 0 Å². The normalized spacial score (nSPS) is 17.8. The molecule has 1 fully saturated rings. The molecule has 0 N–H and O–H groups in total. The number of allylic oxidation sites excluding steroid dienone is 8. The van der Waals surface area contributed by atoms with Gasteiger partial charge in [-0.05, 0) is 131 Å². The van der Waals surface area contributed by atoms with Gasteiger partial charge in [-0.2, -0.15) is 0 Å². The standard InChI is InChI=1S/C22H33NS.C12H19N.C6H9BrN2.C2H6/c1-4-21-13-15-23(16-14-21)18-20(3)8-6-5-7-17-24-22-11-9-19(2)10-12-22;1-10(2)7-8-12-6-5-9-13(4)11(12)3;1-5(9-3)6(7)4-8-2;1-2/h5-12,20-21H,4,13-18H2,1-3H3;5-7,9,11H,8H2,1-4H3;4H,3H2,1-2H3;1-2H3/b7-5-,8-6-;;6-5-,8-4?;. The van der Waals surface area contributed by atoms with E-state index in [0.29, 0.717) is 12.0 Å². The quantitative estimate of drug-likeness (QED) is 0.0926. The highest BCUT2D eigenvalue weighted by molar-refractivity contribution is 9.12. The fourth-order valence-corrected chi connectivity index (χ4v) is 5.95. The van der Waals surface area contributed by atoms with Crippen LogP contribution in [0.5, 0.6) is 0 Å². The number of hydrogen-bond acceptors (Lipinski definition) is 5. The number of halogens is 1. The third kappa shape index (κ3) is 21.5. The molecule has 268 valence electrons. The second kappa shape index (κ2) is 28.4. The summed E-state index contributed by atoms with van der Waals surface area (Å²) >= 11 is 5.15. The number of likely N-dealkylation sites (tertiary alicyclic amines) is 1. The first-order chi connectivity index (χ1) is 23.0. The zero-order valence-electron chi connectivity index (χ0n) is 32.2. The Morgan fingerprint density at radius 1 is 1.10 bits per heavy atom. The van der Waals surface area contributed by atoms with Crippen molar-refractivity contribution in [1.82, 2.24) is 9.80 Å². The minimum absolute atomic E-state index is 0.542. The summed E-state index contributed by atoms with van der Waals surface area (Å²) in [6.07, 6.45) is 24.7. The summed E-state index contributed by atoms with van der Waals surface area (Å²) in [6.45, 7) is 26.3. The Labute approximate surface area is 309 Å². The molecule has 4 nitrogen and oxygen atoms in total. The van der Waals surface area contributed by atoms with E-state index in [0.717, 1.165) is 28.3 Å². The molecule has 0 saturated carbocycles. The van der Waals surface area contributed by atoms with Crippen molar-refractivity contribution < 1.29 is 0 Å². The topological polar surface area (TPSA) is 31.2 Å². The maximum absolute atomic E-state index is 3.79. The van der Waals surface area contributed by atoms with Crippen molar-refractivity contribution in [2.24, 2.45) is 21.8 Å². The van der Waals surface area contributed by atoms with Crippen LogP contribution in [0.2, 0.25) is 0 Å². The highest BCUT2D eigenvalue weighted by Crippen LogP contribution is 2.21. The first-order valence-electron chi connectivity index (χ1n) is 17.7. The Kier molecular flexibility index (Phi) is 27.0. The highest BCUT2D eigenvalue weighted by Gasteiger charge is 2.18. The molecular formula is C42H67BrN4S. The molecule has 1 aromatic rings. The van der Waals surface area contributed by atoms with Gasteiger partial charge in [0.05, 0.1) is 10.2 Å². The molecule has 0 amide bonds. The molecule has 0 aromatic heterocycles. The molecule has 2 unspecified atom stereocenters. The van der Waals surface area contributed by atoms with Crippen LogP contribution in [0.25, 0.3) is 0 Å². The first kappa shape index (κ1) is 45.6. The molecule has 0 radical (unpaired) electrons. The Morgan fingerprint density at radius 3 is 2.31 bits per heavy atom.